The number of nitrogens with one attached hydrogen (secondary N) is 4. The lowest BCUT2D eigenvalue weighted by atomic mass is 9.70. The first-order chi connectivity index (χ1) is 25.4. The summed E-state index contributed by atoms with van der Waals surface area (Å²) in [6, 6.07) is -3.58. The lowest BCUT2D eigenvalue weighted by molar-refractivity contribution is -0.146. The van der Waals surface area contributed by atoms with E-state index < -0.39 is 62.7 Å². The fourth-order valence-corrected chi connectivity index (χ4v) is 12.3. The van der Waals surface area contributed by atoms with Crippen molar-refractivity contribution in [1.82, 2.24) is 30.5 Å². The molecule has 5 amide bonds. The summed E-state index contributed by atoms with van der Waals surface area (Å²) in [5.74, 6) is -2.38. The Kier molecular flexibility index (Phi) is 13.2. The van der Waals surface area contributed by atoms with Gasteiger partial charge in [-0.05, 0) is 81.5 Å². The van der Waals surface area contributed by atoms with Crippen molar-refractivity contribution < 1.29 is 32.4 Å². The van der Waals surface area contributed by atoms with E-state index in [4.69, 9.17) is 0 Å². The number of hydrogen-bond donors (Lipinski definition) is 4. The van der Waals surface area contributed by atoms with Crippen molar-refractivity contribution in [2.24, 2.45) is 22.7 Å². The molecule has 0 bridgehead atoms. The number of carbonyl (C=O) groups excluding carboxylic acids is 5. The smallest absolute Gasteiger partial charge is 0.315 e. The third kappa shape index (κ3) is 9.27. The van der Waals surface area contributed by atoms with E-state index in [0.29, 0.717) is 38.8 Å². The van der Waals surface area contributed by atoms with Crippen LogP contribution in [0.5, 0.6) is 0 Å². The summed E-state index contributed by atoms with van der Waals surface area (Å²) in [7, 11) is -3.70. The molecule has 1 aliphatic heterocycles. The number of Topliss-reactive ketones (excluding diaryl/α,β-unsaturated/α-hetero) is 1. The minimum atomic E-state index is -3.70. The van der Waals surface area contributed by atoms with Crippen LogP contribution < -0.4 is 21.3 Å². The number of fused-ring (bicyclic) bond motifs is 1. The highest BCUT2D eigenvalue weighted by Gasteiger charge is 2.70. The monoisotopic (exact) mass is 776 g/mol. The summed E-state index contributed by atoms with van der Waals surface area (Å²) in [5.41, 5.74) is -1.75. The number of ketones is 1. The van der Waals surface area contributed by atoms with Gasteiger partial charge in [0, 0.05) is 25.2 Å². The molecule has 4 aliphatic carbocycles. The molecule has 5 atom stereocenters. The van der Waals surface area contributed by atoms with Gasteiger partial charge in [0.2, 0.25) is 27.6 Å². The van der Waals surface area contributed by atoms with Gasteiger partial charge in [0.15, 0.2) is 0 Å². The Labute approximate surface area is 323 Å². The molecule has 5 aliphatic rings. The van der Waals surface area contributed by atoms with Crippen LogP contribution >= 0.6 is 0 Å². The standard InChI is InChI=1S/C40H68N6O7S/c1-8-10-17-29(32(47)35(49)41-27-18-19-27)42-34(48)31-30-28(38(30,5)6)24-45(31)36(50)33(39(7)20-13-11-14-21-39)43-37(51)44-40(22-15-12-16-23-40)25-54(52,53)46(9-2)26(3)4/h26-31,33H,8-25H2,1-7H3,(H,41,49)(H,42,48)(H2,43,44,51)/t28-,29-,30-,31-,33+/m0/s1. The van der Waals surface area contributed by atoms with Crippen LogP contribution in [0.1, 0.15) is 145 Å². The molecule has 4 N–H and O–H groups in total. The molecule has 14 heteroatoms. The number of sulfonamides is 1. The minimum Gasteiger partial charge on any atom is -0.347 e. The molecule has 0 aromatic heterocycles. The molecule has 4 saturated carbocycles. The van der Waals surface area contributed by atoms with Crippen LogP contribution in [0.25, 0.3) is 0 Å². The van der Waals surface area contributed by atoms with Crippen molar-refractivity contribution in [3.63, 3.8) is 0 Å². The van der Waals surface area contributed by atoms with Crippen molar-refractivity contribution in [3.8, 4) is 0 Å². The number of urea groups is 1. The molecule has 1 heterocycles. The molecule has 0 unspecified atom stereocenters. The van der Waals surface area contributed by atoms with Crippen LogP contribution in [0.2, 0.25) is 0 Å². The first-order valence-electron chi connectivity index (χ1n) is 20.9. The maximum Gasteiger partial charge on any atom is 0.315 e. The van der Waals surface area contributed by atoms with Gasteiger partial charge in [-0.3, -0.25) is 19.2 Å². The van der Waals surface area contributed by atoms with Gasteiger partial charge in [-0.15, -0.1) is 0 Å². The van der Waals surface area contributed by atoms with Gasteiger partial charge in [0.1, 0.15) is 12.1 Å². The van der Waals surface area contributed by atoms with Crippen LogP contribution in [0.4, 0.5) is 4.79 Å². The summed E-state index contributed by atoms with van der Waals surface area (Å²) in [6.07, 6.45) is 11.3. The van der Waals surface area contributed by atoms with E-state index in [1.807, 2.05) is 34.6 Å². The highest BCUT2D eigenvalue weighted by atomic mass is 32.2. The fraction of sp³-hybridized carbons (Fsp3) is 0.875. The topological polar surface area (TPSA) is 174 Å². The molecule has 0 aromatic carbocycles. The normalized spacial score (nSPS) is 26.7. The van der Waals surface area contributed by atoms with E-state index in [-0.39, 0.29) is 41.0 Å². The summed E-state index contributed by atoms with van der Waals surface area (Å²) < 4.78 is 28.9. The predicted molar refractivity (Wildman–Crippen MR) is 208 cm³/mol. The second kappa shape index (κ2) is 16.8. The maximum atomic E-state index is 15.0. The number of nitrogens with zero attached hydrogens (tertiary/aromatic N) is 2. The average molecular weight is 777 g/mol. The van der Waals surface area contributed by atoms with Crippen LogP contribution in [-0.4, -0.2) is 102 Å². The van der Waals surface area contributed by atoms with E-state index in [1.165, 1.54) is 4.31 Å². The largest absolute Gasteiger partial charge is 0.347 e. The number of rotatable bonds is 17. The SMILES string of the molecule is CCCC[C@H](NC(=O)[C@@H]1[C@@H]2[C@H](CN1C(=O)[C@@H](NC(=O)NC1(CS(=O)(=O)N(CC)C(C)C)CCCCC1)C1(C)CCCCC1)C2(C)C)C(=O)C(=O)NC1CC1. The molecular weight excluding hydrogens is 709 g/mol. The number of unbranched alkanes of at least 4 members (excludes halogenated alkanes) is 1. The zero-order valence-corrected chi connectivity index (χ0v) is 34.7. The summed E-state index contributed by atoms with van der Waals surface area (Å²) in [5, 5.41) is 11.9. The number of hydrogen-bond acceptors (Lipinski definition) is 7. The highest BCUT2D eigenvalue weighted by molar-refractivity contribution is 7.89. The van der Waals surface area contributed by atoms with Crippen molar-refractivity contribution in [3.05, 3.63) is 0 Å². The minimum absolute atomic E-state index is 0.00574. The van der Waals surface area contributed by atoms with Crippen LogP contribution in [0.15, 0.2) is 0 Å². The molecule has 306 valence electrons. The van der Waals surface area contributed by atoms with Crippen molar-refractivity contribution >= 4 is 39.6 Å². The molecule has 54 heavy (non-hydrogen) atoms. The van der Waals surface area contributed by atoms with Crippen molar-refractivity contribution in [2.75, 3.05) is 18.8 Å². The van der Waals surface area contributed by atoms with E-state index in [9.17, 15) is 32.4 Å². The number of likely N-dealkylation sites (tertiary alicyclic amines) is 1. The van der Waals surface area contributed by atoms with Crippen LogP contribution in [0, 0.1) is 22.7 Å². The van der Waals surface area contributed by atoms with Gasteiger partial charge >= 0.3 is 6.03 Å². The molecule has 0 radical (unpaired) electrons. The van der Waals surface area contributed by atoms with Gasteiger partial charge < -0.3 is 26.2 Å². The highest BCUT2D eigenvalue weighted by Crippen LogP contribution is 2.65. The Morgan fingerprint density at radius 1 is 0.870 bits per heavy atom. The third-order valence-electron chi connectivity index (χ3n) is 13.5. The van der Waals surface area contributed by atoms with Gasteiger partial charge in [-0.25, -0.2) is 13.2 Å². The molecule has 0 spiro atoms. The van der Waals surface area contributed by atoms with Crippen LogP contribution in [-0.2, 0) is 29.2 Å². The van der Waals surface area contributed by atoms with E-state index in [2.05, 4.69) is 35.1 Å². The lowest BCUT2D eigenvalue weighted by Crippen LogP contribution is -2.65. The fourth-order valence-electron chi connectivity index (χ4n) is 9.99. The van der Waals surface area contributed by atoms with Gasteiger partial charge in [-0.2, -0.15) is 4.31 Å². The molecule has 13 nitrogen and oxygen atoms in total. The molecular formula is C40H68N6O7S. The van der Waals surface area contributed by atoms with Crippen molar-refractivity contribution in [2.45, 2.75) is 181 Å². The quantitative estimate of drug-likeness (QED) is 0.159. The van der Waals surface area contributed by atoms with Crippen molar-refractivity contribution in [1.29, 1.82) is 0 Å². The first-order valence-corrected chi connectivity index (χ1v) is 22.5. The summed E-state index contributed by atoms with van der Waals surface area (Å²) in [4.78, 5) is 71.3. The molecule has 5 rings (SSSR count). The van der Waals surface area contributed by atoms with Gasteiger partial charge in [0.05, 0.1) is 17.3 Å². The Bertz CT molecular complexity index is 1520. The summed E-state index contributed by atoms with van der Waals surface area (Å²) >= 11 is 0. The lowest BCUT2D eigenvalue weighted by Gasteiger charge is -2.44. The number of piperidine rings is 1. The molecule has 5 fully saturated rings. The molecule has 0 aromatic rings. The zero-order chi connectivity index (χ0) is 39.6. The zero-order valence-electron chi connectivity index (χ0n) is 33.9. The second-order valence-corrected chi connectivity index (χ2v) is 20.3. The first kappa shape index (κ1) is 42.4. The van der Waals surface area contributed by atoms with E-state index in [0.717, 1.165) is 70.6 Å². The number of carbonyl (C=O) groups is 5. The predicted octanol–water partition coefficient (Wildman–Crippen LogP) is 4.39. The number of amides is 5. The van der Waals surface area contributed by atoms with Gasteiger partial charge in [-0.1, -0.05) is 86.0 Å². The summed E-state index contributed by atoms with van der Waals surface area (Å²) in [6.45, 7) is 14.4. The average Bonchev–Trinajstić information content (AvgIpc) is 3.96. The van der Waals surface area contributed by atoms with Gasteiger partial charge in [0.25, 0.3) is 5.91 Å². The maximum absolute atomic E-state index is 15.0. The van der Waals surface area contributed by atoms with E-state index >= 15 is 0 Å². The second-order valence-electron chi connectivity index (χ2n) is 18.3. The Balaban J connectivity index is 1.39. The Morgan fingerprint density at radius 3 is 2.04 bits per heavy atom. The molecule has 1 saturated heterocycles. The Hall–Kier alpha value is -2.74. The Morgan fingerprint density at radius 2 is 1.48 bits per heavy atom. The van der Waals surface area contributed by atoms with E-state index in [1.54, 1.807) is 4.90 Å². The van der Waals surface area contributed by atoms with Crippen LogP contribution in [0.3, 0.4) is 0 Å². The third-order valence-corrected chi connectivity index (χ3v) is 15.8.